The second kappa shape index (κ2) is 38.5. The fraction of sp³-hybridized carbons (Fsp3) is 0.477. The zero-order chi connectivity index (χ0) is 75.2. The fourth-order valence-corrected chi connectivity index (χ4v) is 15.1. The van der Waals surface area contributed by atoms with Gasteiger partial charge in [-0.2, -0.15) is 0 Å². The van der Waals surface area contributed by atoms with Gasteiger partial charge in [0.1, 0.15) is 5.75 Å². The topological polar surface area (TPSA) is 228 Å². The van der Waals surface area contributed by atoms with Crippen LogP contribution in [0.1, 0.15) is 239 Å². The summed E-state index contributed by atoms with van der Waals surface area (Å²) >= 11 is 0. The molecule has 11 rings (SSSR count). The zero-order valence-corrected chi connectivity index (χ0v) is 62.7. The van der Waals surface area contributed by atoms with Gasteiger partial charge in [-0.1, -0.05) is 123 Å². The number of hydrogen-bond acceptors (Lipinski definition) is 16. The Balaban J connectivity index is 0.000000183. The Morgan fingerprint density at radius 1 is 0.505 bits per heavy atom. The van der Waals surface area contributed by atoms with Gasteiger partial charge >= 0.3 is 17.9 Å². The lowest BCUT2D eigenvalue weighted by Crippen LogP contribution is -2.49. The number of nitrogens with one attached hydrogen (secondary N) is 2. The number of anilines is 2. The first-order chi connectivity index (χ1) is 50.7. The first-order valence-corrected chi connectivity index (χ1v) is 38.3. The molecule has 1 saturated heterocycles. The molecule has 1 unspecified atom stereocenters. The normalized spacial score (nSPS) is 16.9. The molecule has 1 atom stereocenters. The third kappa shape index (κ3) is 19.9. The van der Waals surface area contributed by atoms with Crippen molar-refractivity contribution >= 4 is 97.0 Å². The van der Waals surface area contributed by atoms with Crippen LogP contribution in [-0.4, -0.2) is 151 Å². The molecule has 0 radical (unpaired) electrons. The SMILES string of the molecule is C=C(C)C(=O)OCCCCCOc1ccc2c3c(cccc13)C(=O)N(CCCCCC)C2=O.C=CC(=O)OCCCCCCNc1ccc2c3c(cccc13)C(=O)N(C1CCC(C(C)(C)C)CC1)C2=O.C=CC(=O)OCCCCCCNc1ccc2c3c(cccc13)C(=O)N(CC1CCCN1CC)C2=O. The molecule has 6 amide bonds. The molecule has 2 N–H and O–H groups in total. The summed E-state index contributed by atoms with van der Waals surface area (Å²) < 4.78 is 21.1. The molecule has 6 aromatic carbocycles. The van der Waals surface area contributed by atoms with Crippen LogP contribution in [0, 0.1) is 11.3 Å². The average molecular weight is 1430 g/mol. The van der Waals surface area contributed by atoms with Gasteiger partial charge in [0.25, 0.3) is 35.4 Å². The van der Waals surface area contributed by atoms with Crippen molar-refractivity contribution < 1.29 is 62.1 Å². The number of ether oxygens (including phenoxy) is 4. The molecule has 0 bridgehead atoms. The number of imide groups is 3. The van der Waals surface area contributed by atoms with Crippen LogP contribution in [0.2, 0.25) is 0 Å². The lowest BCUT2D eigenvalue weighted by atomic mass is 9.71. The molecule has 1 aliphatic carbocycles. The van der Waals surface area contributed by atoms with Gasteiger partial charge in [0.15, 0.2) is 0 Å². The smallest absolute Gasteiger partial charge is 0.333 e. The third-order valence-corrected chi connectivity index (χ3v) is 20.9. The van der Waals surface area contributed by atoms with Crippen LogP contribution in [0.3, 0.4) is 0 Å². The molecular formula is C86H108N6O13. The number of nitrogens with zero attached hydrogens (tertiary/aromatic N) is 4. The number of carbonyl (C=O) groups is 9. The van der Waals surface area contributed by atoms with Crippen LogP contribution in [0.5, 0.6) is 5.75 Å². The van der Waals surface area contributed by atoms with Crippen molar-refractivity contribution in [3.8, 4) is 5.75 Å². The minimum atomic E-state index is -0.379. The van der Waals surface area contributed by atoms with Crippen LogP contribution < -0.4 is 15.4 Å². The summed E-state index contributed by atoms with van der Waals surface area (Å²) in [6, 6.07) is 28.5. The van der Waals surface area contributed by atoms with Crippen molar-refractivity contribution in [2.75, 3.05) is 76.3 Å². The third-order valence-electron chi connectivity index (χ3n) is 20.9. The van der Waals surface area contributed by atoms with Gasteiger partial charge in [0.05, 0.1) is 26.4 Å². The Labute approximate surface area is 619 Å². The molecule has 0 aromatic heterocycles. The summed E-state index contributed by atoms with van der Waals surface area (Å²) in [5.41, 5.74) is 6.12. The van der Waals surface area contributed by atoms with E-state index in [2.05, 4.69) is 69.9 Å². The molecule has 105 heavy (non-hydrogen) atoms. The van der Waals surface area contributed by atoms with Crippen molar-refractivity contribution in [1.29, 1.82) is 0 Å². The van der Waals surface area contributed by atoms with Gasteiger partial charge < -0.3 is 29.6 Å². The number of likely N-dealkylation sites (N-methyl/N-ethyl adjacent to an activating group) is 1. The molecule has 5 aliphatic rings. The monoisotopic (exact) mass is 1430 g/mol. The highest BCUT2D eigenvalue weighted by Crippen LogP contribution is 2.43. The number of unbranched alkanes of at least 4 members (excludes halogenated alkanes) is 11. The predicted octanol–water partition coefficient (Wildman–Crippen LogP) is 17.0. The predicted molar refractivity (Wildman–Crippen MR) is 414 cm³/mol. The summed E-state index contributed by atoms with van der Waals surface area (Å²) in [4.78, 5) is 120. The van der Waals surface area contributed by atoms with E-state index in [-0.39, 0.29) is 70.8 Å². The lowest BCUT2D eigenvalue weighted by molar-refractivity contribution is -0.139. The number of hydrogen-bond donors (Lipinski definition) is 2. The number of carbonyl (C=O) groups excluding carboxylic acids is 9. The molecule has 2 fully saturated rings. The van der Waals surface area contributed by atoms with Gasteiger partial charge in [-0.3, -0.25) is 48.4 Å². The quantitative estimate of drug-likeness (QED) is 0.0124. The maximum absolute atomic E-state index is 13.6. The van der Waals surface area contributed by atoms with Gasteiger partial charge in [0, 0.05) is 133 Å². The summed E-state index contributed by atoms with van der Waals surface area (Å²) in [7, 11) is 0. The van der Waals surface area contributed by atoms with E-state index in [1.165, 1.54) is 22.0 Å². The highest BCUT2D eigenvalue weighted by Gasteiger charge is 2.42. The fourth-order valence-electron chi connectivity index (χ4n) is 15.1. The van der Waals surface area contributed by atoms with Crippen molar-refractivity contribution in [1.82, 2.24) is 19.6 Å². The van der Waals surface area contributed by atoms with Crippen LogP contribution in [0.4, 0.5) is 11.4 Å². The highest BCUT2D eigenvalue weighted by atomic mass is 16.5. The molecule has 19 heteroatoms. The molecule has 4 heterocycles. The van der Waals surface area contributed by atoms with Gasteiger partial charge in [-0.25, -0.2) is 14.4 Å². The first kappa shape index (κ1) is 79.6. The van der Waals surface area contributed by atoms with Crippen molar-refractivity contribution in [3.63, 3.8) is 0 Å². The Kier molecular flexibility index (Phi) is 29.2. The molecular weight excluding hydrogens is 1320 g/mol. The van der Waals surface area contributed by atoms with Gasteiger partial charge in [-0.05, 0) is 189 Å². The number of benzene rings is 6. The maximum atomic E-state index is 13.6. The van der Waals surface area contributed by atoms with Crippen molar-refractivity contribution in [3.05, 3.63) is 162 Å². The van der Waals surface area contributed by atoms with Crippen LogP contribution in [0.15, 0.2) is 128 Å². The average Bonchev–Trinajstić information content (AvgIpc) is 0.931. The standard InChI is InChI=1S/C31H40N2O4.C28H35N3O4.C27H33NO5/c1-5-27(34)37-20-9-7-6-8-19-32-26-18-17-25-28-23(26)11-10-12-24(28)29(35)33(30(25)36)22-15-13-21(14-16-22)31(2,3)4;1-3-25(32)35-18-8-6-5-7-16-29-24-15-14-23-26-21(24)12-9-13-22(26)27(33)31(28(23)34)19-20-11-10-17-30(20)4-2;1-4-5-6-8-16-28-25(29)21-13-11-12-20-23(15-14-22(24(20)21)26(28)30)32-17-9-7-10-18-33-27(31)19(2)3/h5,10-12,17-18,21-22,32H,1,6-9,13-16,19-20H2,2-4H3;3,9,12-15,20,29H,1,4-8,10-11,16-19H2,2H3;11-15H,2,4-10,16-18H2,1,3H3. The Bertz CT molecular complexity index is 4100. The summed E-state index contributed by atoms with van der Waals surface area (Å²) in [6.45, 7) is 29.2. The lowest BCUT2D eigenvalue weighted by Gasteiger charge is -2.41. The number of rotatable bonds is 35. The van der Waals surface area contributed by atoms with Gasteiger partial charge in [0.2, 0.25) is 0 Å². The van der Waals surface area contributed by atoms with E-state index in [9.17, 15) is 43.2 Å². The maximum Gasteiger partial charge on any atom is 0.333 e. The second-order valence-corrected chi connectivity index (χ2v) is 29.2. The molecule has 560 valence electrons. The van der Waals surface area contributed by atoms with E-state index >= 15 is 0 Å². The van der Waals surface area contributed by atoms with E-state index in [1.807, 2.05) is 78.9 Å². The molecule has 6 aromatic rings. The number of esters is 3. The van der Waals surface area contributed by atoms with E-state index < -0.39 is 0 Å². The largest absolute Gasteiger partial charge is 0.493 e. The van der Waals surface area contributed by atoms with E-state index in [0.29, 0.717) is 95.5 Å². The van der Waals surface area contributed by atoms with Crippen LogP contribution >= 0.6 is 0 Å². The van der Waals surface area contributed by atoms with E-state index in [0.717, 1.165) is 199 Å². The van der Waals surface area contributed by atoms with Gasteiger partial charge in [-0.15, -0.1) is 0 Å². The van der Waals surface area contributed by atoms with Crippen molar-refractivity contribution in [2.24, 2.45) is 11.3 Å². The Morgan fingerprint density at radius 2 is 0.952 bits per heavy atom. The summed E-state index contributed by atoms with van der Waals surface area (Å²) in [6.07, 6.45) is 22.4. The molecule has 1 saturated carbocycles. The molecule has 19 nitrogen and oxygen atoms in total. The van der Waals surface area contributed by atoms with Crippen LogP contribution in [0.25, 0.3) is 32.3 Å². The minimum Gasteiger partial charge on any atom is -0.493 e. The number of amides is 6. The first-order valence-electron chi connectivity index (χ1n) is 38.3. The van der Waals surface area contributed by atoms with E-state index in [1.54, 1.807) is 24.0 Å². The second-order valence-electron chi connectivity index (χ2n) is 29.2. The molecule has 4 aliphatic heterocycles. The number of likely N-dealkylation sites (tertiary alicyclic amines) is 1. The van der Waals surface area contributed by atoms with Crippen LogP contribution in [-0.2, 0) is 28.6 Å². The minimum absolute atomic E-state index is 0.0277. The van der Waals surface area contributed by atoms with Crippen molar-refractivity contribution in [2.45, 2.75) is 188 Å². The summed E-state index contributed by atoms with van der Waals surface area (Å²) in [5, 5.41) is 11.8. The summed E-state index contributed by atoms with van der Waals surface area (Å²) in [5.74, 6) is -0.970. The Morgan fingerprint density at radius 3 is 1.47 bits per heavy atom. The van der Waals surface area contributed by atoms with E-state index in [4.69, 9.17) is 18.9 Å². The Hall–Kier alpha value is -9.49. The molecule has 0 spiro atoms. The zero-order valence-electron chi connectivity index (χ0n) is 62.7. The highest BCUT2D eigenvalue weighted by molar-refractivity contribution is 6.29.